The van der Waals surface area contributed by atoms with Crippen LogP contribution in [-0.2, 0) is 11.2 Å². The van der Waals surface area contributed by atoms with Gasteiger partial charge < -0.3 is 9.84 Å². The number of carbonyl (C=O) groups excluding carboxylic acids is 1. The number of nitrogens with zero attached hydrogens (tertiary/aromatic N) is 1. The molecule has 3 rings (SSSR count). The molecule has 5 nitrogen and oxygen atoms in total. The molecule has 3 aromatic rings. The van der Waals surface area contributed by atoms with Gasteiger partial charge in [0.25, 0.3) is 0 Å². The Kier molecular flexibility index (Phi) is 6.70. The Balaban J connectivity index is 1.71. The molecule has 0 heterocycles. The lowest BCUT2D eigenvalue weighted by molar-refractivity contribution is -0.120. The predicted octanol–water partition coefficient (Wildman–Crippen LogP) is 5.16. The first-order chi connectivity index (χ1) is 13.5. The molecule has 0 aliphatic carbocycles. The molecule has 0 atom stereocenters. The highest BCUT2D eigenvalue weighted by Crippen LogP contribution is 2.35. The first-order valence-corrected chi connectivity index (χ1v) is 10.2. The minimum absolute atomic E-state index is 0.0325. The van der Waals surface area contributed by atoms with E-state index in [9.17, 15) is 9.90 Å². The maximum atomic E-state index is 12.3. The molecule has 0 saturated carbocycles. The third kappa shape index (κ3) is 4.72. The SMILES string of the molecule is CCOc1cc(/C=N\NC(=O)Cc2ccc(Br)c3ccccc23)cc(Br)c1O. The van der Waals surface area contributed by atoms with Gasteiger partial charge in [-0.05, 0) is 63.0 Å². The first kappa shape index (κ1) is 20.4. The lowest BCUT2D eigenvalue weighted by Crippen LogP contribution is -2.19. The Hall–Kier alpha value is -2.38. The molecule has 0 unspecified atom stereocenters. The average Bonchev–Trinajstić information content (AvgIpc) is 2.68. The molecule has 0 aliphatic heterocycles. The van der Waals surface area contributed by atoms with Crippen molar-refractivity contribution in [1.82, 2.24) is 5.43 Å². The van der Waals surface area contributed by atoms with Gasteiger partial charge in [0.15, 0.2) is 11.5 Å². The molecule has 0 aliphatic rings. The van der Waals surface area contributed by atoms with Gasteiger partial charge in [0.05, 0.1) is 23.7 Å². The zero-order chi connectivity index (χ0) is 20.1. The molecule has 0 radical (unpaired) electrons. The maximum absolute atomic E-state index is 12.3. The van der Waals surface area contributed by atoms with Crippen LogP contribution in [0.15, 0.2) is 62.6 Å². The van der Waals surface area contributed by atoms with Crippen LogP contribution < -0.4 is 10.2 Å². The van der Waals surface area contributed by atoms with Crippen molar-refractivity contribution in [3.63, 3.8) is 0 Å². The minimum atomic E-state index is -0.216. The van der Waals surface area contributed by atoms with Crippen molar-refractivity contribution in [3.05, 3.63) is 68.6 Å². The Bertz CT molecular complexity index is 1050. The van der Waals surface area contributed by atoms with Gasteiger partial charge in [-0.3, -0.25) is 4.79 Å². The zero-order valence-electron chi connectivity index (χ0n) is 15.1. The number of phenolic OH excluding ortho intramolecular Hbond substituents is 1. The summed E-state index contributed by atoms with van der Waals surface area (Å²) in [6.45, 7) is 2.26. The molecular weight excluding hydrogens is 488 g/mol. The number of benzene rings is 3. The van der Waals surface area contributed by atoms with Gasteiger partial charge in [0, 0.05) is 4.47 Å². The summed E-state index contributed by atoms with van der Waals surface area (Å²) in [6.07, 6.45) is 1.72. The van der Waals surface area contributed by atoms with Crippen molar-refractivity contribution >= 4 is 54.8 Å². The van der Waals surface area contributed by atoms with Crippen molar-refractivity contribution in [3.8, 4) is 11.5 Å². The van der Waals surface area contributed by atoms with Crippen LogP contribution in [0, 0.1) is 0 Å². The number of phenols is 1. The normalized spacial score (nSPS) is 11.1. The quantitative estimate of drug-likeness (QED) is 0.359. The van der Waals surface area contributed by atoms with E-state index in [1.54, 1.807) is 12.1 Å². The molecule has 7 heteroatoms. The van der Waals surface area contributed by atoms with Crippen molar-refractivity contribution in [2.75, 3.05) is 6.61 Å². The predicted molar refractivity (Wildman–Crippen MR) is 118 cm³/mol. The van der Waals surface area contributed by atoms with E-state index in [1.807, 2.05) is 43.3 Å². The van der Waals surface area contributed by atoms with E-state index in [0.717, 1.165) is 20.8 Å². The van der Waals surface area contributed by atoms with Gasteiger partial charge in [-0.15, -0.1) is 0 Å². The second kappa shape index (κ2) is 9.21. The highest BCUT2D eigenvalue weighted by Gasteiger charge is 2.10. The minimum Gasteiger partial charge on any atom is -0.503 e. The molecule has 3 aromatic carbocycles. The number of rotatable bonds is 6. The van der Waals surface area contributed by atoms with Crippen molar-refractivity contribution in [2.45, 2.75) is 13.3 Å². The van der Waals surface area contributed by atoms with Gasteiger partial charge in [-0.1, -0.05) is 46.3 Å². The molecule has 0 spiro atoms. The summed E-state index contributed by atoms with van der Waals surface area (Å²) in [6, 6.07) is 15.1. The number of aromatic hydroxyl groups is 1. The number of ether oxygens (including phenoxy) is 1. The van der Waals surface area contributed by atoms with Gasteiger partial charge in [-0.2, -0.15) is 5.10 Å². The van der Waals surface area contributed by atoms with Crippen LogP contribution in [0.1, 0.15) is 18.1 Å². The second-order valence-corrected chi connectivity index (χ2v) is 7.71. The standard InChI is InChI=1S/C21H18Br2N2O3/c1-2-28-19-10-13(9-18(23)21(19)27)12-24-25-20(26)11-14-7-8-17(22)16-6-4-3-5-15(14)16/h3-10,12,27H,2,11H2,1H3,(H,25,26)/b24-12-. The molecule has 0 bridgehead atoms. The maximum Gasteiger partial charge on any atom is 0.244 e. The van der Waals surface area contributed by atoms with Crippen LogP contribution in [0.25, 0.3) is 10.8 Å². The van der Waals surface area contributed by atoms with Crippen LogP contribution >= 0.6 is 31.9 Å². The fraction of sp³-hybridized carbons (Fsp3) is 0.143. The van der Waals surface area contributed by atoms with E-state index in [0.29, 0.717) is 22.4 Å². The summed E-state index contributed by atoms with van der Waals surface area (Å²) in [5.41, 5.74) is 4.16. The molecule has 0 fully saturated rings. The molecule has 2 N–H and O–H groups in total. The van der Waals surface area contributed by atoms with E-state index in [2.05, 4.69) is 42.4 Å². The third-order valence-electron chi connectivity index (χ3n) is 4.07. The number of hydrazone groups is 1. The van der Waals surface area contributed by atoms with E-state index < -0.39 is 0 Å². The number of halogens is 2. The second-order valence-electron chi connectivity index (χ2n) is 6.00. The van der Waals surface area contributed by atoms with Crippen molar-refractivity contribution < 1.29 is 14.6 Å². The summed E-state index contributed by atoms with van der Waals surface area (Å²) in [5.74, 6) is 0.169. The van der Waals surface area contributed by atoms with Crippen LogP contribution in [0.2, 0.25) is 0 Å². The van der Waals surface area contributed by atoms with Crippen LogP contribution in [0.5, 0.6) is 11.5 Å². The van der Waals surface area contributed by atoms with Crippen LogP contribution in [0.4, 0.5) is 0 Å². The van der Waals surface area contributed by atoms with E-state index >= 15 is 0 Å². The fourth-order valence-electron chi connectivity index (χ4n) is 2.80. The number of hydrogen-bond acceptors (Lipinski definition) is 4. The van der Waals surface area contributed by atoms with Crippen molar-refractivity contribution in [2.24, 2.45) is 5.10 Å². The smallest absolute Gasteiger partial charge is 0.244 e. The average molecular weight is 506 g/mol. The van der Waals surface area contributed by atoms with E-state index in [-0.39, 0.29) is 18.1 Å². The summed E-state index contributed by atoms with van der Waals surface area (Å²) in [5, 5.41) is 16.1. The molecule has 0 aromatic heterocycles. The number of hydrogen-bond donors (Lipinski definition) is 2. The summed E-state index contributed by atoms with van der Waals surface area (Å²) in [7, 11) is 0. The third-order valence-corrected chi connectivity index (χ3v) is 5.36. The molecule has 0 saturated heterocycles. The highest BCUT2D eigenvalue weighted by molar-refractivity contribution is 9.11. The van der Waals surface area contributed by atoms with Crippen LogP contribution in [0.3, 0.4) is 0 Å². The Morgan fingerprint density at radius 1 is 1.14 bits per heavy atom. The number of nitrogens with one attached hydrogen (secondary N) is 1. The number of carbonyl (C=O) groups is 1. The number of fused-ring (bicyclic) bond motifs is 1. The lowest BCUT2D eigenvalue weighted by atomic mass is 10.0. The summed E-state index contributed by atoms with van der Waals surface area (Å²) < 4.78 is 6.87. The lowest BCUT2D eigenvalue weighted by Gasteiger charge is -2.08. The van der Waals surface area contributed by atoms with E-state index in [1.165, 1.54) is 6.21 Å². The Morgan fingerprint density at radius 3 is 2.64 bits per heavy atom. The number of amides is 1. The van der Waals surface area contributed by atoms with Gasteiger partial charge in [0.2, 0.25) is 5.91 Å². The Labute approximate surface area is 179 Å². The first-order valence-electron chi connectivity index (χ1n) is 8.63. The molecule has 144 valence electrons. The summed E-state index contributed by atoms with van der Waals surface area (Å²) >= 11 is 6.81. The fourth-order valence-corrected chi connectivity index (χ4v) is 3.74. The Morgan fingerprint density at radius 2 is 1.89 bits per heavy atom. The van der Waals surface area contributed by atoms with Gasteiger partial charge in [0.1, 0.15) is 0 Å². The topological polar surface area (TPSA) is 70.9 Å². The van der Waals surface area contributed by atoms with Gasteiger partial charge >= 0.3 is 0 Å². The molecule has 1 amide bonds. The highest BCUT2D eigenvalue weighted by atomic mass is 79.9. The van der Waals surface area contributed by atoms with E-state index in [4.69, 9.17) is 4.74 Å². The van der Waals surface area contributed by atoms with Crippen molar-refractivity contribution in [1.29, 1.82) is 0 Å². The molecular formula is C21H18Br2N2O3. The van der Waals surface area contributed by atoms with Crippen LogP contribution in [-0.4, -0.2) is 23.8 Å². The monoisotopic (exact) mass is 504 g/mol. The van der Waals surface area contributed by atoms with Gasteiger partial charge in [-0.25, -0.2) is 5.43 Å². The summed E-state index contributed by atoms with van der Waals surface area (Å²) in [4.78, 5) is 12.3. The largest absolute Gasteiger partial charge is 0.503 e. The molecule has 28 heavy (non-hydrogen) atoms. The zero-order valence-corrected chi connectivity index (χ0v) is 18.2.